The van der Waals surface area contributed by atoms with Crippen molar-refractivity contribution >= 4 is 55.9 Å². The first-order valence-corrected chi connectivity index (χ1v) is 10.4. The Balaban J connectivity index is 2.21. The number of amides is 1. The summed E-state index contributed by atoms with van der Waals surface area (Å²) in [6.45, 7) is 2.53. The molecule has 0 atom stereocenters. The summed E-state index contributed by atoms with van der Waals surface area (Å²) in [7, 11) is -3.56. The van der Waals surface area contributed by atoms with Gasteiger partial charge in [0.2, 0.25) is 0 Å². The molecule has 138 valence electrons. The minimum Gasteiger partial charge on any atom is -0.395 e. The van der Waals surface area contributed by atoms with Crippen LogP contribution in [0.15, 0.2) is 32.9 Å². The van der Waals surface area contributed by atoms with E-state index in [1.165, 1.54) is 23.4 Å². The van der Waals surface area contributed by atoms with Gasteiger partial charge in [-0.15, -0.1) is 0 Å². The molecule has 0 spiro atoms. The number of sulfone groups is 1. The zero-order valence-corrected chi connectivity index (χ0v) is 16.3. The van der Waals surface area contributed by atoms with Gasteiger partial charge in [-0.25, -0.2) is 13.4 Å². The van der Waals surface area contributed by atoms with Crippen LogP contribution in [0.3, 0.4) is 0 Å². The Hall–Kier alpha value is -1.90. The third kappa shape index (κ3) is 3.24. The number of hydrogen-bond donors (Lipinski definition) is 0. The Labute approximate surface area is 160 Å². The summed E-state index contributed by atoms with van der Waals surface area (Å²) in [5.74, 6) is -0.344. The van der Waals surface area contributed by atoms with Crippen molar-refractivity contribution in [3.05, 3.63) is 33.9 Å². The first-order valence-electron chi connectivity index (χ1n) is 7.73. The molecule has 0 aliphatic carbocycles. The Kier molecular flexibility index (Phi) is 5.09. The molecular formula is C16H15Cl2N3O4S. The number of rotatable bonds is 4. The van der Waals surface area contributed by atoms with Crippen LogP contribution in [-0.2, 0) is 19.5 Å². The second-order valence-electron chi connectivity index (χ2n) is 5.69. The first kappa shape index (κ1) is 18.9. The van der Waals surface area contributed by atoms with Crippen LogP contribution in [0.25, 0.3) is 5.03 Å². The van der Waals surface area contributed by atoms with Gasteiger partial charge < -0.3 is 4.84 Å². The third-order valence-electron chi connectivity index (χ3n) is 3.96. The predicted octanol–water partition coefficient (Wildman–Crippen LogP) is 2.67. The van der Waals surface area contributed by atoms with Crippen molar-refractivity contribution in [3.63, 3.8) is 0 Å². The van der Waals surface area contributed by atoms with E-state index >= 15 is 0 Å². The van der Waals surface area contributed by atoms with Gasteiger partial charge >= 0.3 is 0 Å². The van der Waals surface area contributed by atoms with E-state index < -0.39 is 9.84 Å². The highest BCUT2D eigenvalue weighted by molar-refractivity contribution is 7.90. The lowest BCUT2D eigenvalue weighted by molar-refractivity contribution is -0.125. The number of nitrogens with zero attached hydrogens (tertiary/aromatic N) is 3. The van der Waals surface area contributed by atoms with Crippen LogP contribution in [-0.4, -0.2) is 50.7 Å². The average molecular weight is 416 g/mol. The van der Waals surface area contributed by atoms with E-state index in [1.54, 1.807) is 6.92 Å². The van der Waals surface area contributed by atoms with Gasteiger partial charge in [0.1, 0.15) is 6.61 Å². The van der Waals surface area contributed by atoms with E-state index in [4.69, 9.17) is 28.0 Å². The van der Waals surface area contributed by atoms with E-state index in [2.05, 4.69) is 10.3 Å². The van der Waals surface area contributed by atoms with E-state index in [0.29, 0.717) is 30.8 Å². The maximum atomic E-state index is 12.3. The van der Waals surface area contributed by atoms with Crippen LogP contribution < -0.4 is 0 Å². The molecule has 3 rings (SSSR count). The van der Waals surface area contributed by atoms with Gasteiger partial charge in [0, 0.05) is 30.3 Å². The van der Waals surface area contributed by atoms with Gasteiger partial charge in [0.05, 0.1) is 32.4 Å². The fraction of sp³-hybridized carbons (Fsp3) is 0.312. The van der Waals surface area contributed by atoms with Crippen LogP contribution in [0, 0.1) is 0 Å². The van der Waals surface area contributed by atoms with Gasteiger partial charge in [-0.3, -0.25) is 4.79 Å². The second-order valence-corrected chi connectivity index (χ2v) is 8.43. The summed E-state index contributed by atoms with van der Waals surface area (Å²) in [6, 6.07) is 2.88. The summed E-state index contributed by atoms with van der Waals surface area (Å²) < 4.78 is 24.3. The monoisotopic (exact) mass is 415 g/mol. The second kappa shape index (κ2) is 7.02. The molecule has 0 fully saturated rings. The molecule has 7 nitrogen and oxygen atoms in total. The number of oxime groups is 1. The van der Waals surface area contributed by atoms with Crippen molar-refractivity contribution in [2.45, 2.75) is 18.2 Å². The molecule has 1 aromatic carbocycles. The van der Waals surface area contributed by atoms with Crippen molar-refractivity contribution in [1.29, 1.82) is 0 Å². The molecule has 0 unspecified atom stereocenters. The zero-order valence-electron chi connectivity index (χ0n) is 14.0. The maximum Gasteiger partial charge on any atom is 0.277 e. The summed E-state index contributed by atoms with van der Waals surface area (Å²) in [6.07, 6.45) is 2.87. The van der Waals surface area contributed by atoms with Gasteiger partial charge in [0.15, 0.2) is 9.84 Å². The highest BCUT2D eigenvalue weighted by atomic mass is 35.5. The predicted molar refractivity (Wildman–Crippen MR) is 100 cm³/mol. The number of benzene rings is 1. The lowest BCUT2D eigenvalue weighted by Gasteiger charge is -2.14. The van der Waals surface area contributed by atoms with E-state index in [0.717, 1.165) is 6.26 Å². The number of carbonyl (C=O) groups is 1. The zero-order chi connectivity index (χ0) is 19.1. The van der Waals surface area contributed by atoms with E-state index in [1.807, 2.05) is 0 Å². The summed E-state index contributed by atoms with van der Waals surface area (Å²) in [5.41, 5.74) is 1.20. The fourth-order valence-corrected chi connectivity index (χ4v) is 4.35. The van der Waals surface area contributed by atoms with Gasteiger partial charge in [-0.2, -0.15) is 5.10 Å². The average Bonchev–Trinajstić information content (AvgIpc) is 3.22. The normalized spacial score (nSPS) is 19.0. The fourth-order valence-electron chi connectivity index (χ4n) is 2.68. The largest absolute Gasteiger partial charge is 0.395 e. The minimum atomic E-state index is -3.56. The SMILES string of the molecule is CCN1N=C/C(=C(\Cl)c2ccc(S(C)(=O)=O)c(C3=NOCC3)c2Cl)C1=O. The molecule has 2 aliphatic heterocycles. The van der Waals surface area contributed by atoms with Crippen molar-refractivity contribution < 1.29 is 18.0 Å². The number of hydrazone groups is 1. The molecule has 0 radical (unpaired) electrons. The molecular weight excluding hydrogens is 401 g/mol. The van der Waals surface area contributed by atoms with Gasteiger partial charge in [-0.1, -0.05) is 34.4 Å². The maximum absolute atomic E-state index is 12.3. The molecule has 0 saturated heterocycles. The minimum absolute atomic E-state index is 0.0339. The lowest BCUT2D eigenvalue weighted by atomic mass is 10.0. The van der Waals surface area contributed by atoms with Crippen molar-refractivity contribution in [3.8, 4) is 0 Å². The Bertz CT molecular complexity index is 983. The number of halogens is 2. The number of likely N-dealkylation sites (N-methyl/N-ethyl adjacent to an activating group) is 1. The summed E-state index contributed by atoms with van der Waals surface area (Å²) in [4.78, 5) is 17.3. The standard InChI is InChI=1S/C16H15Cl2N3O4S/c1-3-21-16(22)10(8-19-21)14(17)9-4-5-12(26(2,23)24)13(15(9)18)11-6-7-25-20-11/h4-5,8H,3,6-7H2,1-2H3/b14-10+. The van der Waals surface area contributed by atoms with Crippen molar-refractivity contribution in [2.75, 3.05) is 19.4 Å². The smallest absolute Gasteiger partial charge is 0.277 e. The van der Waals surface area contributed by atoms with Crippen LogP contribution in [0.4, 0.5) is 0 Å². The molecule has 2 heterocycles. The van der Waals surface area contributed by atoms with Gasteiger partial charge in [-0.05, 0) is 13.0 Å². The molecule has 0 bridgehead atoms. The number of hydrogen-bond acceptors (Lipinski definition) is 6. The highest BCUT2D eigenvalue weighted by Gasteiger charge is 2.29. The summed E-state index contributed by atoms with van der Waals surface area (Å²) >= 11 is 12.9. The van der Waals surface area contributed by atoms with E-state index in [-0.39, 0.29) is 32.0 Å². The van der Waals surface area contributed by atoms with Crippen molar-refractivity contribution in [1.82, 2.24) is 5.01 Å². The summed E-state index contributed by atoms with van der Waals surface area (Å²) in [5, 5.41) is 9.34. The Morgan fingerprint density at radius 1 is 1.38 bits per heavy atom. The van der Waals surface area contributed by atoms with Crippen molar-refractivity contribution in [2.24, 2.45) is 10.3 Å². The molecule has 0 N–H and O–H groups in total. The Morgan fingerprint density at radius 2 is 2.12 bits per heavy atom. The van der Waals surface area contributed by atoms with Crippen LogP contribution in [0.2, 0.25) is 5.02 Å². The van der Waals surface area contributed by atoms with Crippen LogP contribution in [0.5, 0.6) is 0 Å². The number of carbonyl (C=O) groups excluding carboxylic acids is 1. The van der Waals surface area contributed by atoms with Gasteiger partial charge in [0.25, 0.3) is 5.91 Å². The molecule has 0 aromatic heterocycles. The Morgan fingerprint density at radius 3 is 2.65 bits per heavy atom. The quantitative estimate of drug-likeness (QED) is 0.706. The lowest BCUT2D eigenvalue weighted by Crippen LogP contribution is -2.21. The molecule has 1 amide bonds. The highest BCUT2D eigenvalue weighted by Crippen LogP contribution is 2.37. The molecule has 2 aliphatic rings. The van der Waals surface area contributed by atoms with Crippen LogP contribution in [0.1, 0.15) is 24.5 Å². The van der Waals surface area contributed by atoms with Crippen LogP contribution >= 0.6 is 23.2 Å². The molecule has 10 heteroatoms. The third-order valence-corrected chi connectivity index (χ3v) is 5.90. The first-order chi connectivity index (χ1) is 12.3. The molecule has 0 saturated carbocycles. The molecule has 1 aromatic rings. The molecule has 26 heavy (non-hydrogen) atoms. The van der Waals surface area contributed by atoms with E-state index in [9.17, 15) is 13.2 Å². The topological polar surface area (TPSA) is 88.4 Å².